The second kappa shape index (κ2) is 9.72. The molecule has 162 valence electrons. The molecule has 0 spiro atoms. The Bertz CT molecular complexity index is 1160. The normalized spacial score (nSPS) is 10.9. The SMILES string of the molecule is COc1ccc(NS(=O)(=O)c2cc(NC(=O)COc3ccc(Cl)cc3)ccc2C)cc1. The van der Waals surface area contributed by atoms with E-state index in [1.54, 1.807) is 67.6 Å². The topological polar surface area (TPSA) is 93.7 Å². The van der Waals surface area contributed by atoms with E-state index in [4.69, 9.17) is 21.1 Å². The van der Waals surface area contributed by atoms with Crippen LogP contribution in [0, 0.1) is 6.92 Å². The molecule has 0 aliphatic heterocycles. The summed E-state index contributed by atoms with van der Waals surface area (Å²) in [5, 5.41) is 3.21. The first-order valence-corrected chi connectivity index (χ1v) is 11.1. The monoisotopic (exact) mass is 460 g/mol. The highest BCUT2D eigenvalue weighted by Crippen LogP contribution is 2.24. The third kappa shape index (κ3) is 6.13. The summed E-state index contributed by atoms with van der Waals surface area (Å²) in [4.78, 5) is 12.3. The molecule has 0 aromatic heterocycles. The lowest BCUT2D eigenvalue weighted by atomic mass is 10.2. The first-order valence-electron chi connectivity index (χ1n) is 9.22. The third-order valence-corrected chi connectivity index (χ3v) is 6.06. The van der Waals surface area contributed by atoms with Gasteiger partial charge in [-0.3, -0.25) is 9.52 Å². The zero-order valence-corrected chi connectivity index (χ0v) is 18.5. The van der Waals surface area contributed by atoms with E-state index in [1.165, 1.54) is 13.2 Å². The highest BCUT2D eigenvalue weighted by atomic mass is 35.5. The fourth-order valence-electron chi connectivity index (χ4n) is 2.71. The minimum atomic E-state index is -3.87. The van der Waals surface area contributed by atoms with Gasteiger partial charge in [0, 0.05) is 16.4 Å². The Morgan fingerprint density at radius 3 is 2.19 bits per heavy atom. The summed E-state index contributed by atoms with van der Waals surface area (Å²) < 4.78 is 38.7. The van der Waals surface area contributed by atoms with Crippen LogP contribution in [0.4, 0.5) is 11.4 Å². The number of nitrogens with one attached hydrogen (secondary N) is 2. The summed E-state index contributed by atoms with van der Waals surface area (Å²) in [5.41, 5.74) is 1.27. The molecule has 7 nitrogen and oxygen atoms in total. The van der Waals surface area contributed by atoms with Crippen molar-refractivity contribution >= 4 is 38.9 Å². The van der Waals surface area contributed by atoms with Gasteiger partial charge in [0.25, 0.3) is 15.9 Å². The van der Waals surface area contributed by atoms with Crippen molar-refractivity contribution in [1.82, 2.24) is 0 Å². The van der Waals surface area contributed by atoms with Crippen LogP contribution in [0.15, 0.2) is 71.6 Å². The van der Waals surface area contributed by atoms with Gasteiger partial charge in [0.1, 0.15) is 11.5 Å². The van der Waals surface area contributed by atoms with E-state index in [-0.39, 0.29) is 11.5 Å². The lowest BCUT2D eigenvalue weighted by Gasteiger charge is -2.13. The average Bonchev–Trinajstić information content (AvgIpc) is 2.75. The largest absolute Gasteiger partial charge is 0.497 e. The number of sulfonamides is 1. The fourth-order valence-corrected chi connectivity index (χ4v) is 4.17. The molecule has 31 heavy (non-hydrogen) atoms. The maximum Gasteiger partial charge on any atom is 0.262 e. The molecule has 0 aliphatic carbocycles. The van der Waals surface area contributed by atoms with E-state index in [9.17, 15) is 13.2 Å². The molecule has 3 aromatic carbocycles. The van der Waals surface area contributed by atoms with Gasteiger partial charge in [-0.15, -0.1) is 0 Å². The smallest absolute Gasteiger partial charge is 0.262 e. The predicted molar refractivity (Wildman–Crippen MR) is 121 cm³/mol. The van der Waals surface area contributed by atoms with E-state index >= 15 is 0 Å². The van der Waals surface area contributed by atoms with E-state index in [0.717, 1.165) is 0 Å². The number of halogens is 1. The molecule has 0 heterocycles. The van der Waals surface area contributed by atoms with Crippen molar-refractivity contribution in [2.45, 2.75) is 11.8 Å². The Labute approximate surface area is 186 Å². The van der Waals surface area contributed by atoms with Gasteiger partial charge in [-0.05, 0) is 73.2 Å². The Morgan fingerprint density at radius 2 is 1.55 bits per heavy atom. The molecule has 1 amide bonds. The van der Waals surface area contributed by atoms with Crippen LogP contribution in [0.25, 0.3) is 0 Å². The number of benzene rings is 3. The number of hydrogen-bond acceptors (Lipinski definition) is 5. The first-order chi connectivity index (χ1) is 14.8. The molecule has 9 heteroatoms. The number of methoxy groups -OCH3 is 1. The minimum Gasteiger partial charge on any atom is -0.497 e. The lowest BCUT2D eigenvalue weighted by Crippen LogP contribution is -2.21. The zero-order valence-electron chi connectivity index (χ0n) is 16.9. The summed E-state index contributed by atoms with van der Waals surface area (Å²) in [6.07, 6.45) is 0. The van der Waals surface area contributed by atoms with Gasteiger partial charge in [-0.2, -0.15) is 0 Å². The summed E-state index contributed by atoms with van der Waals surface area (Å²) in [6, 6.07) is 17.8. The summed E-state index contributed by atoms with van der Waals surface area (Å²) in [7, 11) is -2.34. The lowest BCUT2D eigenvalue weighted by molar-refractivity contribution is -0.118. The van der Waals surface area contributed by atoms with Crippen LogP contribution in [0.5, 0.6) is 11.5 Å². The number of aryl methyl sites for hydroxylation is 1. The highest BCUT2D eigenvalue weighted by Gasteiger charge is 2.18. The van der Waals surface area contributed by atoms with Crippen LogP contribution in [-0.2, 0) is 14.8 Å². The van der Waals surface area contributed by atoms with Gasteiger partial charge >= 0.3 is 0 Å². The fraction of sp³-hybridized carbons (Fsp3) is 0.136. The zero-order chi connectivity index (χ0) is 22.4. The Morgan fingerprint density at radius 1 is 0.935 bits per heavy atom. The van der Waals surface area contributed by atoms with Crippen molar-refractivity contribution in [2.75, 3.05) is 23.8 Å². The molecular formula is C22H21ClN2O5S. The van der Waals surface area contributed by atoms with Crippen LogP contribution < -0.4 is 19.5 Å². The van der Waals surface area contributed by atoms with Crippen molar-refractivity contribution in [3.05, 3.63) is 77.3 Å². The van der Waals surface area contributed by atoms with Crippen LogP contribution in [0.1, 0.15) is 5.56 Å². The molecule has 0 fully saturated rings. The van der Waals surface area contributed by atoms with Crippen LogP contribution in [0.3, 0.4) is 0 Å². The predicted octanol–water partition coefficient (Wildman–Crippen LogP) is 4.48. The van der Waals surface area contributed by atoms with Crippen LogP contribution in [0.2, 0.25) is 5.02 Å². The number of ether oxygens (including phenoxy) is 2. The molecule has 2 N–H and O–H groups in total. The Hall–Kier alpha value is -3.23. The van der Waals surface area contributed by atoms with Crippen LogP contribution >= 0.6 is 11.6 Å². The Balaban J connectivity index is 1.69. The Kier molecular flexibility index (Phi) is 7.04. The second-order valence-corrected chi connectivity index (χ2v) is 8.69. The number of anilines is 2. The number of carbonyl (C=O) groups excluding carboxylic acids is 1. The number of rotatable bonds is 8. The molecule has 0 atom stereocenters. The first kappa shape index (κ1) is 22.5. The molecule has 0 saturated carbocycles. The van der Waals surface area contributed by atoms with E-state index in [2.05, 4.69) is 10.0 Å². The maximum atomic E-state index is 12.9. The van der Waals surface area contributed by atoms with Crippen molar-refractivity contribution in [2.24, 2.45) is 0 Å². The van der Waals surface area contributed by atoms with Gasteiger partial charge in [-0.1, -0.05) is 17.7 Å². The van der Waals surface area contributed by atoms with Gasteiger partial charge in [0.05, 0.1) is 12.0 Å². The second-order valence-electron chi connectivity index (χ2n) is 6.61. The maximum absolute atomic E-state index is 12.9. The summed E-state index contributed by atoms with van der Waals surface area (Å²) >= 11 is 5.82. The summed E-state index contributed by atoms with van der Waals surface area (Å²) in [6.45, 7) is 1.44. The number of amides is 1. The quantitative estimate of drug-likeness (QED) is 0.517. The van der Waals surface area contributed by atoms with Gasteiger partial charge in [0.2, 0.25) is 0 Å². The molecule has 0 unspecified atom stereocenters. The molecule has 0 bridgehead atoms. The summed E-state index contributed by atoms with van der Waals surface area (Å²) in [5.74, 6) is 0.685. The molecule has 3 rings (SSSR count). The number of hydrogen-bond donors (Lipinski definition) is 2. The van der Waals surface area contributed by atoms with Crippen molar-refractivity contribution in [3.63, 3.8) is 0 Å². The molecule has 3 aromatic rings. The minimum absolute atomic E-state index is 0.0553. The molecule has 0 radical (unpaired) electrons. The average molecular weight is 461 g/mol. The van der Waals surface area contributed by atoms with E-state index < -0.39 is 15.9 Å². The van der Waals surface area contributed by atoms with Crippen molar-refractivity contribution in [3.8, 4) is 11.5 Å². The van der Waals surface area contributed by atoms with Gasteiger partial charge in [0.15, 0.2) is 6.61 Å². The van der Waals surface area contributed by atoms with Crippen molar-refractivity contribution in [1.29, 1.82) is 0 Å². The molecule has 0 aliphatic rings. The van der Waals surface area contributed by atoms with Gasteiger partial charge in [-0.25, -0.2) is 8.42 Å². The van der Waals surface area contributed by atoms with Gasteiger partial charge < -0.3 is 14.8 Å². The number of carbonyl (C=O) groups is 1. The van der Waals surface area contributed by atoms with Crippen LogP contribution in [-0.4, -0.2) is 28.0 Å². The standard InChI is InChI=1S/C22H21ClN2O5S/c1-15-3-6-18(24-22(26)14-30-20-9-4-16(23)5-10-20)13-21(15)31(27,28)25-17-7-11-19(29-2)12-8-17/h3-13,25H,14H2,1-2H3,(H,24,26). The highest BCUT2D eigenvalue weighted by molar-refractivity contribution is 7.92. The van der Waals surface area contributed by atoms with Crippen molar-refractivity contribution < 1.29 is 22.7 Å². The third-order valence-electron chi connectivity index (χ3n) is 4.29. The molecular weight excluding hydrogens is 440 g/mol. The van der Waals surface area contributed by atoms with E-state index in [0.29, 0.717) is 33.5 Å². The van der Waals surface area contributed by atoms with E-state index in [1.807, 2.05) is 0 Å². The molecule has 0 saturated heterocycles.